The smallest absolute Gasteiger partial charge is 0.322 e. The molecule has 2 aliphatic rings. The molecule has 1 aliphatic carbocycles. The number of anilines is 2. The van der Waals surface area contributed by atoms with E-state index in [-0.39, 0.29) is 0 Å². The number of aromatic nitrogens is 3. The molecule has 6 heteroatoms. The van der Waals surface area contributed by atoms with Crippen LogP contribution in [0.15, 0.2) is 0 Å². The number of ether oxygens (including phenoxy) is 1. The Morgan fingerprint density at radius 1 is 1.10 bits per heavy atom. The summed E-state index contributed by atoms with van der Waals surface area (Å²) in [6, 6.07) is 0.897. The van der Waals surface area contributed by atoms with Gasteiger partial charge in [0, 0.05) is 19.1 Å². The van der Waals surface area contributed by atoms with Gasteiger partial charge in [-0.2, -0.15) is 15.0 Å². The van der Waals surface area contributed by atoms with Gasteiger partial charge in [0.1, 0.15) is 0 Å². The summed E-state index contributed by atoms with van der Waals surface area (Å²) in [6.07, 6.45) is 6.19. The van der Waals surface area contributed by atoms with Crippen molar-refractivity contribution in [1.29, 1.82) is 0 Å². The number of hydrogen-bond acceptors (Lipinski definition) is 6. The second-order valence-electron chi connectivity index (χ2n) is 5.81. The summed E-state index contributed by atoms with van der Waals surface area (Å²) in [4.78, 5) is 15.5. The lowest BCUT2D eigenvalue weighted by Gasteiger charge is -2.20. The molecule has 1 saturated heterocycles. The summed E-state index contributed by atoms with van der Waals surface area (Å²) in [5.41, 5.74) is 0. The average molecular weight is 277 g/mol. The Bertz CT molecular complexity index is 459. The van der Waals surface area contributed by atoms with Crippen LogP contribution in [0.25, 0.3) is 0 Å². The predicted molar refractivity (Wildman–Crippen MR) is 78.3 cm³/mol. The van der Waals surface area contributed by atoms with E-state index in [1.807, 2.05) is 0 Å². The zero-order valence-electron chi connectivity index (χ0n) is 12.3. The van der Waals surface area contributed by atoms with Crippen molar-refractivity contribution in [2.24, 2.45) is 5.92 Å². The molecule has 110 valence electrons. The van der Waals surface area contributed by atoms with Crippen molar-refractivity contribution in [3.05, 3.63) is 0 Å². The van der Waals surface area contributed by atoms with E-state index >= 15 is 0 Å². The summed E-state index contributed by atoms with van der Waals surface area (Å²) >= 11 is 0. The van der Waals surface area contributed by atoms with E-state index in [1.165, 1.54) is 32.1 Å². The summed E-state index contributed by atoms with van der Waals surface area (Å²) in [5.74, 6) is 2.10. The average Bonchev–Trinajstić information content (AvgIpc) is 3.20. The maximum atomic E-state index is 5.22. The zero-order valence-corrected chi connectivity index (χ0v) is 12.3. The molecule has 1 saturated carbocycles. The molecule has 1 N–H and O–H groups in total. The van der Waals surface area contributed by atoms with E-state index in [2.05, 4.69) is 32.1 Å². The van der Waals surface area contributed by atoms with E-state index in [0.29, 0.717) is 23.9 Å². The molecule has 2 unspecified atom stereocenters. The van der Waals surface area contributed by atoms with E-state index in [9.17, 15) is 0 Å². The highest BCUT2D eigenvalue weighted by Gasteiger charge is 2.33. The first-order valence-electron chi connectivity index (χ1n) is 7.58. The topological polar surface area (TPSA) is 63.2 Å². The van der Waals surface area contributed by atoms with Gasteiger partial charge < -0.3 is 15.0 Å². The van der Waals surface area contributed by atoms with Gasteiger partial charge in [-0.1, -0.05) is 19.8 Å². The Hall–Kier alpha value is -1.59. The van der Waals surface area contributed by atoms with Crippen LogP contribution in [0.5, 0.6) is 6.01 Å². The van der Waals surface area contributed by atoms with Crippen molar-refractivity contribution in [2.75, 3.05) is 30.4 Å². The second-order valence-corrected chi connectivity index (χ2v) is 5.81. The maximum Gasteiger partial charge on any atom is 0.322 e. The van der Waals surface area contributed by atoms with Crippen LogP contribution in [0.3, 0.4) is 0 Å². The van der Waals surface area contributed by atoms with Crippen molar-refractivity contribution in [3.8, 4) is 6.01 Å². The fourth-order valence-electron chi connectivity index (χ4n) is 2.60. The maximum absolute atomic E-state index is 5.22. The van der Waals surface area contributed by atoms with Gasteiger partial charge in [-0.3, -0.25) is 0 Å². The number of nitrogens with one attached hydrogen (secondary N) is 1. The largest absolute Gasteiger partial charge is 0.467 e. The number of methoxy groups -OCH3 is 1. The molecule has 0 aromatic carbocycles. The zero-order chi connectivity index (χ0) is 13.9. The van der Waals surface area contributed by atoms with Gasteiger partial charge in [-0.05, 0) is 25.2 Å². The normalized spacial score (nSPS) is 26.0. The lowest BCUT2D eigenvalue weighted by Crippen LogP contribution is -2.27. The highest BCUT2D eigenvalue weighted by atomic mass is 16.5. The van der Waals surface area contributed by atoms with Gasteiger partial charge in [0.25, 0.3) is 0 Å². The lowest BCUT2D eigenvalue weighted by molar-refractivity contribution is 0.378. The molecule has 20 heavy (non-hydrogen) atoms. The van der Waals surface area contributed by atoms with Gasteiger partial charge in [-0.25, -0.2) is 0 Å². The third kappa shape index (κ3) is 3.11. The first-order valence-corrected chi connectivity index (χ1v) is 7.58. The van der Waals surface area contributed by atoms with E-state index < -0.39 is 0 Å². The molecule has 2 heterocycles. The van der Waals surface area contributed by atoms with Gasteiger partial charge >= 0.3 is 6.01 Å². The fourth-order valence-corrected chi connectivity index (χ4v) is 2.60. The molecule has 0 radical (unpaired) electrons. The lowest BCUT2D eigenvalue weighted by atomic mass is 10.2. The number of nitrogens with zero attached hydrogens (tertiary/aromatic N) is 4. The molecule has 2 fully saturated rings. The third-order valence-corrected chi connectivity index (χ3v) is 4.10. The highest BCUT2D eigenvalue weighted by Crippen LogP contribution is 2.32. The number of hydrogen-bond donors (Lipinski definition) is 1. The molecule has 1 aromatic rings. The predicted octanol–water partition coefficient (Wildman–Crippen LogP) is 2.08. The highest BCUT2D eigenvalue weighted by molar-refractivity contribution is 5.40. The van der Waals surface area contributed by atoms with E-state index in [4.69, 9.17) is 4.74 Å². The molecule has 1 aromatic heterocycles. The third-order valence-electron chi connectivity index (χ3n) is 4.10. The van der Waals surface area contributed by atoms with Crippen LogP contribution in [0.4, 0.5) is 11.9 Å². The molecule has 6 nitrogen and oxygen atoms in total. The molecule has 0 amide bonds. The van der Waals surface area contributed by atoms with Gasteiger partial charge in [-0.15, -0.1) is 0 Å². The Balaban J connectivity index is 1.79. The summed E-state index contributed by atoms with van der Waals surface area (Å²) in [6.45, 7) is 4.27. The molecule has 2 atom stereocenters. The fraction of sp³-hybridized carbons (Fsp3) is 0.786. The van der Waals surface area contributed by atoms with Crippen LogP contribution < -0.4 is 15.0 Å². The Labute approximate surface area is 120 Å². The first-order chi connectivity index (χ1) is 9.76. The first kappa shape index (κ1) is 13.4. The van der Waals surface area contributed by atoms with Crippen molar-refractivity contribution in [3.63, 3.8) is 0 Å². The Morgan fingerprint density at radius 2 is 1.80 bits per heavy atom. The monoisotopic (exact) mass is 277 g/mol. The minimum absolute atomic E-state index is 0.398. The van der Waals surface area contributed by atoms with Crippen molar-refractivity contribution in [1.82, 2.24) is 15.0 Å². The van der Waals surface area contributed by atoms with Crippen LogP contribution >= 0.6 is 0 Å². The van der Waals surface area contributed by atoms with Gasteiger partial charge in [0.2, 0.25) is 11.9 Å². The van der Waals surface area contributed by atoms with E-state index in [0.717, 1.165) is 19.0 Å². The summed E-state index contributed by atoms with van der Waals surface area (Å²) in [7, 11) is 1.60. The quantitative estimate of drug-likeness (QED) is 0.909. The molecular formula is C14H23N5O. The summed E-state index contributed by atoms with van der Waals surface area (Å²) in [5, 5.41) is 3.37. The second kappa shape index (κ2) is 5.81. The van der Waals surface area contributed by atoms with Crippen LogP contribution in [0.2, 0.25) is 0 Å². The Morgan fingerprint density at radius 3 is 2.40 bits per heavy atom. The van der Waals surface area contributed by atoms with Crippen LogP contribution in [-0.2, 0) is 0 Å². The minimum Gasteiger partial charge on any atom is -0.467 e. The minimum atomic E-state index is 0.398. The SMILES string of the molecule is COc1nc(NC2CC2C)nc(N2CCCCCC2)n1. The van der Waals surface area contributed by atoms with Crippen LogP contribution in [0.1, 0.15) is 39.0 Å². The van der Waals surface area contributed by atoms with Gasteiger partial charge in [0.05, 0.1) is 7.11 Å². The number of rotatable bonds is 4. The molecular weight excluding hydrogens is 254 g/mol. The van der Waals surface area contributed by atoms with Crippen molar-refractivity contribution in [2.45, 2.75) is 45.1 Å². The van der Waals surface area contributed by atoms with Gasteiger partial charge in [0.15, 0.2) is 0 Å². The summed E-state index contributed by atoms with van der Waals surface area (Å²) < 4.78 is 5.22. The molecule has 3 rings (SSSR count). The van der Waals surface area contributed by atoms with E-state index in [1.54, 1.807) is 7.11 Å². The molecule has 0 bridgehead atoms. The Kier molecular flexibility index (Phi) is 3.89. The van der Waals surface area contributed by atoms with Crippen molar-refractivity contribution >= 4 is 11.9 Å². The van der Waals surface area contributed by atoms with Crippen molar-refractivity contribution < 1.29 is 4.74 Å². The molecule has 1 aliphatic heterocycles. The molecule has 0 spiro atoms. The standard InChI is InChI=1S/C14H23N5O/c1-10-9-11(10)15-12-16-13(18-14(17-12)20-2)19-7-5-3-4-6-8-19/h10-11H,3-9H2,1-2H3,(H,15,16,17,18). The van der Waals surface area contributed by atoms with Crippen LogP contribution in [-0.4, -0.2) is 41.2 Å². The van der Waals surface area contributed by atoms with Crippen LogP contribution in [0, 0.1) is 5.92 Å².